The number of ether oxygens (including phenoxy) is 3. The number of benzene rings is 3. The van der Waals surface area contributed by atoms with Gasteiger partial charge in [-0.2, -0.15) is 0 Å². The van der Waals surface area contributed by atoms with E-state index in [0.717, 1.165) is 34.2 Å². The van der Waals surface area contributed by atoms with E-state index < -0.39 is 28.3 Å². The summed E-state index contributed by atoms with van der Waals surface area (Å²) in [4.78, 5) is 12.7. The molecule has 1 aliphatic heterocycles. The van der Waals surface area contributed by atoms with Crippen molar-refractivity contribution >= 4 is 21.6 Å². The van der Waals surface area contributed by atoms with Crippen LogP contribution in [-0.2, 0) is 21.2 Å². The van der Waals surface area contributed by atoms with Crippen LogP contribution in [0.1, 0.15) is 25.8 Å². The lowest BCUT2D eigenvalue weighted by Gasteiger charge is -2.25. The van der Waals surface area contributed by atoms with Crippen LogP contribution < -0.4 is 23.8 Å². The number of rotatable bonds is 11. The molecule has 0 saturated heterocycles. The molecule has 0 fully saturated rings. The molecule has 1 amide bonds. The van der Waals surface area contributed by atoms with Crippen molar-refractivity contribution in [1.82, 2.24) is 5.32 Å². The maximum absolute atomic E-state index is 13.6. The van der Waals surface area contributed by atoms with E-state index in [2.05, 4.69) is 5.32 Å². The third-order valence-corrected chi connectivity index (χ3v) is 7.53. The first kappa shape index (κ1) is 27.3. The van der Waals surface area contributed by atoms with E-state index >= 15 is 0 Å². The second-order valence-electron chi connectivity index (χ2n) is 9.06. The van der Waals surface area contributed by atoms with Gasteiger partial charge in [-0.3, -0.25) is 9.10 Å². The van der Waals surface area contributed by atoms with Gasteiger partial charge in [0.05, 0.1) is 16.7 Å². The van der Waals surface area contributed by atoms with Crippen molar-refractivity contribution in [2.75, 3.05) is 30.6 Å². The lowest BCUT2D eigenvalue weighted by atomic mass is 10.1. The van der Waals surface area contributed by atoms with E-state index in [4.69, 9.17) is 14.2 Å². The maximum atomic E-state index is 13.6. The van der Waals surface area contributed by atoms with E-state index in [1.165, 1.54) is 30.3 Å². The number of amides is 1. The number of hydrogen-bond acceptors (Lipinski definition) is 6. The third-order valence-electron chi connectivity index (χ3n) is 5.76. The number of aryl methyl sites for hydroxylation is 1. The number of carbonyl (C=O) groups excluding carboxylic acids is 1. The molecule has 0 atom stereocenters. The molecule has 3 aromatic rings. The zero-order chi connectivity index (χ0) is 27.1. The fourth-order valence-electron chi connectivity index (χ4n) is 3.95. The van der Waals surface area contributed by atoms with Gasteiger partial charge in [0.15, 0.2) is 11.5 Å². The number of carbonyl (C=O) groups is 1. The standard InChI is InChI=1S/C28H31FN2O6S/c1-20(2)37-24-11-5-21(6-12-24)4-3-15-30-28(32)19-31(23-9-7-22(29)8-10-23)38(33,34)25-13-14-26-27(18-25)36-17-16-35-26/h5-14,18,20H,3-4,15-17,19H2,1-2H3,(H,30,32). The Hall–Kier alpha value is -3.79. The Bertz CT molecular complexity index is 1340. The summed E-state index contributed by atoms with van der Waals surface area (Å²) in [5, 5.41) is 2.79. The first-order valence-electron chi connectivity index (χ1n) is 12.4. The minimum Gasteiger partial charge on any atom is -0.491 e. The fourth-order valence-corrected chi connectivity index (χ4v) is 5.38. The van der Waals surface area contributed by atoms with Crippen LogP contribution in [-0.4, -0.2) is 46.7 Å². The highest BCUT2D eigenvalue weighted by atomic mass is 32.2. The molecule has 0 unspecified atom stereocenters. The van der Waals surface area contributed by atoms with Gasteiger partial charge in [-0.25, -0.2) is 12.8 Å². The third kappa shape index (κ3) is 6.95. The number of nitrogens with one attached hydrogen (secondary N) is 1. The molecule has 0 bridgehead atoms. The van der Waals surface area contributed by atoms with Crippen LogP contribution in [0, 0.1) is 5.82 Å². The van der Waals surface area contributed by atoms with Gasteiger partial charge in [0.1, 0.15) is 31.3 Å². The molecule has 1 heterocycles. The van der Waals surface area contributed by atoms with Crippen molar-refractivity contribution in [3.63, 3.8) is 0 Å². The van der Waals surface area contributed by atoms with E-state index in [9.17, 15) is 17.6 Å². The van der Waals surface area contributed by atoms with Crippen molar-refractivity contribution in [1.29, 1.82) is 0 Å². The van der Waals surface area contributed by atoms with Crippen LogP contribution >= 0.6 is 0 Å². The summed E-state index contributed by atoms with van der Waals surface area (Å²) in [5.41, 5.74) is 1.27. The van der Waals surface area contributed by atoms with Crippen LogP contribution in [0.25, 0.3) is 0 Å². The molecule has 1 N–H and O–H groups in total. The van der Waals surface area contributed by atoms with Gasteiger partial charge in [0.25, 0.3) is 10.0 Å². The highest BCUT2D eigenvalue weighted by Gasteiger charge is 2.29. The summed E-state index contributed by atoms with van der Waals surface area (Å²) in [6.45, 7) is 4.51. The van der Waals surface area contributed by atoms with Gasteiger partial charge in [-0.1, -0.05) is 12.1 Å². The van der Waals surface area contributed by atoms with E-state index in [-0.39, 0.29) is 16.7 Å². The molecule has 3 aromatic carbocycles. The summed E-state index contributed by atoms with van der Waals surface area (Å²) in [6.07, 6.45) is 1.50. The van der Waals surface area contributed by atoms with Gasteiger partial charge in [-0.15, -0.1) is 0 Å². The Balaban J connectivity index is 1.41. The van der Waals surface area contributed by atoms with Crippen molar-refractivity contribution in [2.24, 2.45) is 0 Å². The Morgan fingerprint density at radius 3 is 2.37 bits per heavy atom. The minimum atomic E-state index is -4.18. The van der Waals surface area contributed by atoms with Crippen molar-refractivity contribution in [3.8, 4) is 17.2 Å². The molecule has 0 radical (unpaired) electrons. The quantitative estimate of drug-likeness (QED) is 0.363. The molecule has 0 saturated carbocycles. The topological polar surface area (TPSA) is 94.2 Å². The van der Waals surface area contributed by atoms with Gasteiger partial charge < -0.3 is 19.5 Å². The van der Waals surface area contributed by atoms with Crippen molar-refractivity contribution in [3.05, 3.63) is 78.1 Å². The van der Waals surface area contributed by atoms with Crippen LogP contribution in [0.5, 0.6) is 17.2 Å². The number of fused-ring (bicyclic) bond motifs is 1. The second kappa shape index (κ2) is 12.2. The monoisotopic (exact) mass is 542 g/mol. The molecule has 38 heavy (non-hydrogen) atoms. The largest absolute Gasteiger partial charge is 0.491 e. The second-order valence-corrected chi connectivity index (χ2v) is 10.9. The number of sulfonamides is 1. The fraction of sp³-hybridized carbons (Fsp3) is 0.321. The highest BCUT2D eigenvalue weighted by Crippen LogP contribution is 2.34. The molecule has 1 aliphatic rings. The van der Waals surface area contributed by atoms with Gasteiger partial charge in [-0.05, 0) is 80.8 Å². The summed E-state index contributed by atoms with van der Waals surface area (Å²) in [5.74, 6) is 0.569. The zero-order valence-electron chi connectivity index (χ0n) is 21.4. The average molecular weight is 543 g/mol. The molecular weight excluding hydrogens is 511 g/mol. The molecule has 8 nitrogen and oxygen atoms in total. The smallest absolute Gasteiger partial charge is 0.264 e. The van der Waals surface area contributed by atoms with Crippen LogP contribution in [0.4, 0.5) is 10.1 Å². The molecule has 10 heteroatoms. The predicted octanol–water partition coefficient (Wildman–Crippen LogP) is 4.33. The van der Waals surface area contributed by atoms with Crippen LogP contribution in [0.15, 0.2) is 71.6 Å². The lowest BCUT2D eigenvalue weighted by molar-refractivity contribution is -0.119. The summed E-state index contributed by atoms with van der Waals surface area (Å²) < 4.78 is 58.4. The first-order valence-corrected chi connectivity index (χ1v) is 13.9. The Morgan fingerprint density at radius 2 is 1.68 bits per heavy atom. The first-order chi connectivity index (χ1) is 18.2. The van der Waals surface area contributed by atoms with Gasteiger partial charge in [0, 0.05) is 12.6 Å². The molecule has 202 valence electrons. The Labute approximate surface area is 222 Å². The molecule has 0 aromatic heterocycles. The maximum Gasteiger partial charge on any atom is 0.264 e. The zero-order valence-corrected chi connectivity index (χ0v) is 22.2. The average Bonchev–Trinajstić information content (AvgIpc) is 2.90. The minimum absolute atomic E-state index is 0.0660. The Kier molecular flexibility index (Phi) is 8.73. The van der Waals surface area contributed by atoms with Crippen LogP contribution in [0.2, 0.25) is 0 Å². The summed E-state index contributed by atoms with van der Waals surface area (Å²) >= 11 is 0. The highest BCUT2D eigenvalue weighted by molar-refractivity contribution is 7.92. The number of anilines is 1. The lowest BCUT2D eigenvalue weighted by Crippen LogP contribution is -2.41. The van der Waals surface area contributed by atoms with Crippen LogP contribution in [0.3, 0.4) is 0 Å². The molecular formula is C28H31FN2O6S. The molecule has 0 spiro atoms. The van der Waals surface area contributed by atoms with E-state index in [1.807, 2.05) is 38.1 Å². The molecule has 0 aliphatic carbocycles. The molecule has 4 rings (SSSR count). The number of halogens is 1. The number of nitrogens with zero attached hydrogens (tertiary/aromatic N) is 1. The Morgan fingerprint density at radius 1 is 1.00 bits per heavy atom. The summed E-state index contributed by atoms with van der Waals surface area (Å²) in [6, 6.07) is 17.0. The SMILES string of the molecule is CC(C)Oc1ccc(CCCNC(=O)CN(c2ccc(F)cc2)S(=O)(=O)c2ccc3c(c2)OCCO3)cc1. The van der Waals surface area contributed by atoms with E-state index in [0.29, 0.717) is 37.7 Å². The number of hydrogen-bond donors (Lipinski definition) is 1. The van der Waals surface area contributed by atoms with Gasteiger partial charge >= 0.3 is 0 Å². The van der Waals surface area contributed by atoms with Gasteiger partial charge in [0.2, 0.25) is 5.91 Å². The van der Waals surface area contributed by atoms with E-state index in [1.54, 1.807) is 0 Å². The van der Waals surface area contributed by atoms with Crippen molar-refractivity contribution in [2.45, 2.75) is 37.7 Å². The predicted molar refractivity (Wildman–Crippen MR) is 142 cm³/mol. The normalized spacial score (nSPS) is 12.7. The van der Waals surface area contributed by atoms with Crippen molar-refractivity contribution < 1.29 is 31.8 Å². The summed E-state index contributed by atoms with van der Waals surface area (Å²) in [7, 11) is -4.18.